The van der Waals surface area contributed by atoms with Gasteiger partial charge < -0.3 is 14.8 Å². The van der Waals surface area contributed by atoms with Crippen LogP contribution < -0.4 is 5.32 Å². The van der Waals surface area contributed by atoms with E-state index in [9.17, 15) is 14.4 Å². The van der Waals surface area contributed by atoms with E-state index < -0.39 is 12.0 Å². The summed E-state index contributed by atoms with van der Waals surface area (Å²) >= 11 is 0. The molecule has 0 spiro atoms. The molecule has 2 rings (SSSR count). The van der Waals surface area contributed by atoms with Gasteiger partial charge in [-0.05, 0) is 12.5 Å². The summed E-state index contributed by atoms with van der Waals surface area (Å²) < 4.78 is 9.80. The van der Waals surface area contributed by atoms with Crippen LogP contribution in [0.5, 0.6) is 0 Å². The second kappa shape index (κ2) is 10.2. The van der Waals surface area contributed by atoms with Crippen molar-refractivity contribution in [1.29, 1.82) is 0 Å². The highest BCUT2D eigenvalue weighted by molar-refractivity contribution is 6.08. The van der Waals surface area contributed by atoms with Gasteiger partial charge in [0.25, 0.3) is 0 Å². The summed E-state index contributed by atoms with van der Waals surface area (Å²) in [5.41, 5.74) is 1.97. The Morgan fingerprint density at radius 3 is 2.19 bits per heavy atom. The Balaban J connectivity index is 2.06. The van der Waals surface area contributed by atoms with Crippen LogP contribution in [-0.2, 0) is 25.5 Å². The molecule has 0 fully saturated rings. The molecule has 0 heterocycles. The number of benzene rings is 2. The smallest absolute Gasteiger partial charge is 0.328 e. The minimum atomic E-state index is -0.821. The third kappa shape index (κ3) is 6.04. The van der Waals surface area contributed by atoms with Gasteiger partial charge in [0.05, 0.1) is 7.11 Å². The summed E-state index contributed by atoms with van der Waals surface area (Å²) in [6.07, 6.45) is 0.254. The van der Waals surface area contributed by atoms with Gasteiger partial charge in [-0.2, -0.15) is 0 Å². The molecule has 1 atom stereocenters. The molecule has 1 N–H and O–H groups in total. The molecule has 142 valence electrons. The Hall–Kier alpha value is -2.99. The predicted molar refractivity (Wildman–Crippen MR) is 100 cm³/mol. The molecule has 1 amide bonds. The summed E-state index contributed by atoms with van der Waals surface area (Å²) in [6, 6.07) is 15.1. The third-order valence-electron chi connectivity index (χ3n) is 3.95. The number of carbonyl (C=O) groups excluding carboxylic acids is 3. The third-order valence-corrected chi connectivity index (χ3v) is 3.95. The van der Waals surface area contributed by atoms with Gasteiger partial charge in [-0.1, -0.05) is 54.6 Å². The van der Waals surface area contributed by atoms with Gasteiger partial charge in [0.2, 0.25) is 5.91 Å². The van der Waals surface area contributed by atoms with Gasteiger partial charge in [0.15, 0.2) is 5.78 Å². The predicted octanol–water partition coefficient (Wildman–Crippen LogP) is 2.15. The first kappa shape index (κ1) is 20.3. The highest BCUT2D eigenvalue weighted by Crippen LogP contribution is 2.12. The molecule has 0 aliphatic carbocycles. The zero-order valence-electron chi connectivity index (χ0n) is 15.4. The Morgan fingerprint density at radius 2 is 1.59 bits per heavy atom. The SMILES string of the molecule is CCOCC(=O)N[C@@H](Cc1ccc(C(=O)c2ccccc2)cc1)C(=O)OC. The van der Waals surface area contributed by atoms with Crippen LogP contribution in [-0.4, -0.2) is 44.0 Å². The number of rotatable bonds is 9. The Morgan fingerprint density at radius 1 is 0.963 bits per heavy atom. The van der Waals surface area contributed by atoms with Crippen LogP contribution >= 0.6 is 0 Å². The van der Waals surface area contributed by atoms with Crippen molar-refractivity contribution in [1.82, 2.24) is 5.32 Å². The number of hydrogen-bond acceptors (Lipinski definition) is 5. The Labute approximate surface area is 158 Å². The van der Waals surface area contributed by atoms with E-state index in [1.165, 1.54) is 7.11 Å². The van der Waals surface area contributed by atoms with Gasteiger partial charge in [0.1, 0.15) is 12.6 Å². The van der Waals surface area contributed by atoms with Crippen molar-refractivity contribution in [3.8, 4) is 0 Å². The maximum absolute atomic E-state index is 12.4. The van der Waals surface area contributed by atoms with Crippen LogP contribution in [0, 0.1) is 0 Å². The van der Waals surface area contributed by atoms with Gasteiger partial charge in [-0.3, -0.25) is 9.59 Å². The number of hydrogen-bond donors (Lipinski definition) is 1. The molecule has 2 aromatic rings. The summed E-state index contributed by atoms with van der Waals surface area (Å²) in [4.78, 5) is 36.2. The largest absolute Gasteiger partial charge is 0.467 e. The fraction of sp³-hybridized carbons (Fsp3) is 0.286. The molecule has 0 saturated carbocycles. The van der Waals surface area contributed by atoms with E-state index in [4.69, 9.17) is 9.47 Å². The average molecular weight is 369 g/mol. The van der Waals surface area contributed by atoms with Crippen LogP contribution in [0.15, 0.2) is 54.6 Å². The van der Waals surface area contributed by atoms with Crippen molar-refractivity contribution in [2.24, 2.45) is 0 Å². The van der Waals surface area contributed by atoms with Crippen molar-refractivity contribution in [3.63, 3.8) is 0 Å². The summed E-state index contributed by atoms with van der Waals surface area (Å²) in [7, 11) is 1.27. The fourth-order valence-corrected chi connectivity index (χ4v) is 2.55. The number of ketones is 1. The first-order valence-electron chi connectivity index (χ1n) is 8.68. The van der Waals surface area contributed by atoms with E-state index in [0.717, 1.165) is 5.56 Å². The lowest BCUT2D eigenvalue weighted by Crippen LogP contribution is -2.44. The van der Waals surface area contributed by atoms with Crippen LogP contribution in [0.4, 0.5) is 0 Å². The highest BCUT2D eigenvalue weighted by Gasteiger charge is 2.22. The molecule has 2 aromatic carbocycles. The van der Waals surface area contributed by atoms with Gasteiger partial charge in [0, 0.05) is 24.2 Å². The van der Waals surface area contributed by atoms with Crippen molar-refractivity contribution < 1.29 is 23.9 Å². The second-order valence-corrected chi connectivity index (χ2v) is 5.88. The number of carbonyl (C=O) groups is 3. The van der Waals surface area contributed by atoms with Crippen LogP contribution in [0.25, 0.3) is 0 Å². The molecule has 0 unspecified atom stereocenters. The van der Waals surface area contributed by atoms with Crippen LogP contribution in [0.2, 0.25) is 0 Å². The zero-order chi connectivity index (χ0) is 19.6. The maximum Gasteiger partial charge on any atom is 0.328 e. The quantitative estimate of drug-likeness (QED) is 0.541. The summed E-state index contributed by atoms with van der Waals surface area (Å²) in [5.74, 6) is -0.996. The fourth-order valence-electron chi connectivity index (χ4n) is 2.55. The number of ether oxygens (including phenoxy) is 2. The van der Waals surface area contributed by atoms with E-state index in [2.05, 4.69) is 5.32 Å². The maximum atomic E-state index is 12.4. The van der Waals surface area contributed by atoms with Crippen molar-refractivity contribution in [2.75, 3.05) is 20.3 Å². The summed E-state index contributed by atoms with van der Waals surface area (Å²) in [6.45, 7) is 2.07. The second-order valence-electron chi connectivity index (χ2n) is 5.88. The minimum absolute atomic E-state index is 0.0725. The molecular formula is C21H23NO5. The monoisotopic (exact) mass is 369 g/mol. The molecular weight excluding hydrogens is 346 g/mol. The normalized spacial score (nSPS) is 11.5. The van der Waals surface area contributed by atoms with Gasteiger partial charge >= 0.3 is 5.97 Å². The Kier molecular flexibility index (Phi) is 7.70. The Bertz CT molecular complexity index is 771. The lowest BCUT2D eigenvalue weighted by Gasteiger charge is -2.16. The van der Waals surface area contributed by atoms with Crippen molar-refractivity contribution >= 4 is 17.7 Å². The zero-order valence-corrected chi connectivity index (χ0v) is 15.4. The molecule has 6 heteroatoms. The topological polar surface area (TPSA) is 81.7 Å². The van der Waals surface area contributed by atoms with E-state index >= 15 is 0 Å². The van der Waals surface area contributed by atoms with E-state index in [1.807, 2.05) is 18.2 Å². The first-order valence-corrected chi connectivity index (χ1v) is 8.68. The molecule has 27 heavy (non-hydrogen) atoms. The molecule has 0 aliphatic heterocycles. The average Bonchev–Trinajstić information content (AvgIpc) is 2.71. The number of methoxy groups -OCH3 is 1. The van der Waals surface area contributed by atoms with Crippen LogP contribution in [0.3, 0.4) is 0 Å². The lowest BCUT2D eigenvalue weighted by molar-refractivity contribution is -0.145. The van der Waals surface area contributed by atoms with E-state index in [-0.39, 0.29) is 24.7 Å². The van der Waals surface area contributed by atoms with E-state index in [0.29, 0.717) is 17.7 Å². The molecule has 0 aliphatic rings. The van der Waals surface area contributed by atoms with Crippen molar-refractivity contribution in [2.45, 2.75) is 19.4 Å². The first-order chi connectivity index (χ1) is 13.0. The van der Waals surface area contributed by atoms with Gasteiger partial charge in [-0.15, -0.1) is 0 Å². The standard InChI is InChI=1S/C21H23NO5/c1-3-27-14-19(23)22-18(21(25)26-2)13-15-9-11-17(12-10-15)20(24)16-7-5-4-6-8-16/h4-12,18H,3,13-14H2,1-2H3,(H,22,23)/t18-/m0/s1. The minimum Gasteiger partial charge on any atom is -0.467 e. The summed E-state index contributed by atoms with van der Waals surface area (Å²) in [5, 5.41) is 2.61. The molecule has 0 saturated heterocycles. The molecule has 0 aromatic heterocycles. The molecule has 0 bridgehead atoms. The molecule has 0 radical (unpaired) electrons. The number of amides is 1. The number of nitrogens with one attached hydrogen (secondary N) is 1. The van der Waals surface area contributed by atoms with Crippen LogP contribution in [0.1, 0.15) is 28.4 Å². The highest BCUT2D eigenvalue weighted by atomic mass is 16.5. The van der Waals surface area contributed by atoms with E-state index in [1.54, 1.807) is 43.3 Å². The molecule has 6 nitrogen and oxygen atoms in total. The van der Waals surface area contributed by atoms with Gasteiger partial charge in [-0.25, -0.2) is 4.79 Å². The lowest BCUT2D eigenvalue weighted by atomic mass is 9.99. The van der Waals surface area contributed by atoms with Crippen molar-refractivity contribution in [3.05, 3.63) is 71.3 Å². The number of esters is 1.